The Morgan fingerprint density at radius 3 is 2.64 bits per heavy atom. The van der Waals surface area contributed by atoms with Crippen LogP contribution in [0.25, 0.3) is 0 Å². The van der Waals surface area contributed by atoms with Crippen LogP contribution in [0.2, 0.25) is 0 Å². The van der Waals surface area contributed by atoms with Gasteiger partial charge in [0.2, 0.25) is 15.9 Å². The SMILES string of the molecule is CCOc1ccccc1N(CC(=O)N[C@@H]1C[C@H]2CC[C@H]1C2)S(C)(=O)=O. The molecule has 0 unspecified atom stereocenters. The van der Waals surface area contributed by atoms with E-state index in [-0.39, 0.29) is 18.5 Å². The average Bonchev–Trinajstić information content (AvgIpc) is 3.15. The van der Waals surface area contributed by atoms with Gasteiger partial charge in [0.25, 0.3) is 0 Å². The highest BCUT2D eigenvalue weighted by molar-refractivity contribution is 7.92. The van der Waals surface area contributed by atoms with Crippen LogP contribution in [-0.2, 0) is 14.8 Å². The number of hydrogen-bond acceptors (Lipinski definition) is 4. The lowest BCUT2D eigenvalue weighted by molar-refractivity contribution is -0.120. The van der Waals surface area contributed by atoms with Crippen molar-refractivity contribution in [2.45, 2.75) is 38.6 Å². The van der Waals surface area contributed by atoms with Gasteiger partial charge in [-0.15, -0.1) is 0 Å². The summed E-state index contributed by atoms with van der Waals surface area (Å²) in [6, 6.07) is 7.09. The van der Waals surface area contributed by atoms with Crippen molar-refractivity contribution in [3.8, 4) is 5.75 Å². The van der Waals surface area contributed by atoms with Crippen LogP contribution >= 0.6 is 0 Å². The first-order valence-corrected chi connectivity index (χ1v) is 10.7. The maximum atomic E-state index is 12.5. The van der Waals surface area contributed by atoms with Gasteiger partial charge in [0.15, 0.2) is 0 Å². The monoisotopic (exact) mass is 366 g/mol. The first-order valence-electron chi connectivity index (χ1n) is 8.87. The number of anilines is 1. The Morgan fingerprint density at radius 1 is 1.28 bits per heavy atom. The van der Waals surface area contributed by atoms with Gasteiger partial charge in [-0.25, -0.2) is 8.42 Å². The van der Waals surface area contributed by atoms with Crippen molar-refractivity contribution >= 4 is 21.6 Å². The number of benzene rings is 1. The molecule has 3 atom stereocenters. The van der Waals surface area contributed by atoms with Gasteiger partial charge < -0.3 is 10.1 Å². The number of sulfonamides is 1. The number of carbonyl (C=O) groups is 1. The van der Waals surface area contributed by atoms with E-state index in [0.717, 1.165) is 22.9 Å². The molecule has 0 saturated heterocycles. The summed E-state index contributed by atoms with van der Waals surface area (Å²) < 4.78 is 31.2. The molecule has 1 aromatic rings. The number of rotatable bonds is 7. The number of nitrogens with zero attached hydrogens (tertiary/aromatic N) is 1. The Hall–Kier alpha value is -1.76. The Morgan fingerprint density at radius 2 is 2.04 bits per heavy atom. The van der Waals surface area contributed by atoms with Gasteiger partial charge >= 0.3 is 0 Å². The van der Waals surface area contributed by atoms with Crippen molar-refractivity contribution in [3.05, 3.63) is 24.3 Å². The molecule has 6 nitrogen and oxygen atoms in total. The standard InChI is InChI=1S/C18H26N2O4S/c1-3-24-17-7-5-4-6-16(17)20(25(2,22)23)12-18(21)19-15-11-13-8-9-14(15)10-13/h4-7,13-15H,3,8-12H2,1-2H3,(H,19,21)/t13-,14-,15+/m0/s1. The fourth-order valence-electron chi connectivity index (χ4n) is 4.13. The number of para-hydroxylation sites is 2. The quantitative estimate of drug-likeness (QED) is 0.802. The van der Waals surface area contributed by atoms with Gasteiger partial charge in [-0.1, -0.05) is 18.6 Å². The van der Waals surface area contributed by atoms with Crippen LogP contribution in [0.5, 0.6) is 5.75 Å². The van der Waals surface area contributed by atoms with E-state index in [1.54, 1.807) is 24.3 Å². The molecule has 2 aliphatic rings. The van der Waals surface area contributed by atoms with Gasteiger partial charge in [0.1, 0.15) is 12.3 Å². The molecular formula is C18H26N2O4S. The minimum Gasteiger partial charge on any atom is -0.492 e. The summed E-state index contributed by atoms with van der Waals surface area (Å²) in [5.74, 6) is 1.48. The molecule has 0 heterocycles. The third kappa shape index (κ3) is 4.08. The largest absolute Gasteiger partial charge is 0.492 e. The molecule has 0 aromatic heterocycles. The van der Waals surface area contributed by atoms with Crippen LogP contribution in [0.1, 0.15) is 32.6 Å². The Balaban J connectivity index is 1.75. The predicted octanol–water partition coefficient (Wildman–Crippen LogP) is 2.16. The summed E-state index contributed by atoms with van der Waals surface area (Å²) in [5, 5.41) is 3.05. The molecular weight excluding hydrogens is 340 g/mol. The van der Waals surface area contributed by atoms with E-state index in [9.17, 15) is 13.2 Å². The van der Waals surface area contributed by atoms with Crippen LogP contribution in [-0.4, -0.2) is 39.8 Å². The third-order valence-corrected chi connectivity index (χ3v) is 6.33. The van der Waals surface area contributed by atoms with Crippen molar-refractivity contribution in [1.82, 2.24) is 5.32 Å². The minimum atomic E-state index is -3.61. The van der Waals surface area contributed by atoms with Crippen LogP contribution in [0.3, 0.4) is 0 Å². The van der Waals surface area contributed by atoms with E-state index < -0.39 is 10.0 Å². The number of nitrogens with one attached hydrogen (secondary N) is 1. The normalized spacial score (nSPS) is 25.0. The molecule has 0 radical (unpaired) electrons. The van der Waals surface area contributed by atoms with Crippen molar-refractivity contribution in [2.75, 3.05) is 23.7 Å². The summed E-state index contributed by atoms with van der Waals surface area (Å²) in [7, 11) is -3.61. The molecule has 1 N–H and O–H groups in total. The fraction of sp³-hybridized carbons (Fsp3) is 0.611. The van der Waals surface area contributed by atoms with E-state index in [0.29, 0.717) is 24.0 Å². The zero-order valence-corrected chi connectivity index (χ0v) is 15.6. The summed E-state index contributed by atoms with van der Waals surface area (Å²) >= 11 is 0. The van der Waals surface area contributed by atoms with Crippen molar-refractivity contribution in [3.63, 3.8) is 0 Å². The highest BCUT2D eigenvalue weighted by atomic mass is 32.2. The van der Waals surface area contributed by atoms with E-state index >= 15 is 0 Å². The molecule has 2 aliphatic carbocycles. The lowest BCUT2D eigenvalue weighted by Gasteiger charge is -2.27. The minimum absolute atomic E-state index is 0.190. The third-order valence-electron chi connectivity index (χ3n) is 5.21. The first kappa shape index (κ1) is 18.0. The summed E-state index contributed by atoms with van der Waals surface area (Å²) in [6.07, 6.45) is 5.74. The molecule has 0 aliphatic heterocycles. The number of hydrogen-bond donors (Lipinski definition) is 1. The van der Waals surface area contributed by atoms with Crippen LogP contribution in [0.4, 0.5) is 5.69 Å². The van der Waals surface area contributed by atoms with Gasteiger partial charge in [0.05, 0.1) is 18.6 Å². The zero-order valence-electron chi connectivity index (χ0n) is 14.8. The number of ether oxygens (including phenoxy) is 1. The van der Waals surface area contributed by atoms with Crippen molar-refractivity contribution < 1.29 is 17.9 Å². The maximum absolute atomic E-state index is 12.5. The van der Waals surface area contributed by atoms with Crippen LogP contribution in [0.15, 0.2) is 24.3 Å². The second-order valence-corrected chi connectivity index (χ2v) is 8.93. The smallest absolute Gasteiger partial charge is 0.241 e. The highest BCUT2D eigenvalue weighted by Gasteiger charge is 2.40. The Kier molecular flexibility index (Phi) is 5.22. The van der Waals surface area contributed by atoms with Gasteiger partial charge in [-0.3, -0.25) is 9.10 Å². The van der Waals surface area contributed by atoms with E-state index in [2.05, 4.69) is 5.32 Å². The summed E-state index contributed by atoms with van der Waals surface area (Å²) in [4.78, 5) is 12.5. The summed E-state index contributed by atoms with van der Waals surface area (Å²) in [5.41, 5.74) is 0.398. The number of amides is 1. The molecule has 138 valence electrons. The number of carbonyl (C=O) groups excluding carboxylic acids is 1. The second kappa shape index (κ2) is 7.23. The molecule has 1 amide bonds. The zero-order chi connectivity index (χ0) is 18.0. The summed E-state index contributed by atoms with van der Waals surface area (Å²) in [6.45, 7) is 2.03. The van der Waals surface area contributed by atoms with E-state index in [4.69, 9.17) is 4.74 Å². The van der Waals surface area contributed by atoms with Gasteiger partial charge in [-0.2, -0.15) is 0 Å². The topological polar surface area (TPSA) is 75.7 Å². The van der Waals surface area contributed by atoms with Crippen molar-refractivity contribution in [1.29, 1.82) is 0 Å². The van der Waals surface area contributed by atoms with Gasteiger partial charge in [0, 0.05) is 6.04 Å². The average molecular weight is 366 g/mol. The fourth-order valence-corrected chi connectivity index (χ4v) is 4.99. The molecule has 3 rings (SSSR count). The highest BCUT2D eigenvalue weighted by Crippen LogP contribution is 2.44. The van der Waals surface area contributed by atoms with Gasteiger partial charge in [-0.05, 0) is 50.2 Å². The molecule has 0 spiro atoms. The lowest BCUT2D eigenvalue weighted by Crippen LogP contribution is -2.45. The Bertz CT molecular complexity index is 734. The molecule has 1 aromatic carbocycles. The molecule has 2 fully saturated rings. The van der Waals surface area contributed by atoms with Crippen LogP contribution < -0.4 is 14.4 Å². The first-order chi connectivity index (χ1) is 11.9. The lowest BCUT2D eigenvalue weighted by atomic mass is 9.95. The van der Waals surface area contributed by atoms with Crippen LogP contribution in [0, 0.1) is 11.8 Å². The number of fused-ring (bicyclic) bond motifs is 2. The Labute approximate surface area is 149 Å². The maximum Gasteiger partial charge on any atom is 0.241 e. The predicted molar refractivity (Wildman–Crippen MR) is 97.2 cm³/mol. The molecule has 2 saturated carbocycles. The molecule has 7 heteroatoms. The molecule has 2 bridgehead atoms. The van der Waals surface area contributed by atoms with E-state index in [1.165, 1.54) is 19.3 Å². The van der Waals surface area contributed by atoms with E-state index in [1.807, 2.05) is 6.92 Å². The molecule has 25 heavy (non-hydrogen) atoms. The van der Waals surface area contributed by atoms with Crippen molar-refractivity contribution in [2.24, 2.45) is 11.8 Å². The second-order valence-electron chi connectivity index (χ2n) is 7.02.